The van der Waals surface area contributed by atoms with E-state index in [0.717, 1.165) is 31.7 Å². The molecule has 0 aromatic heterocycles. The largest absolute Gasteiger partial charge is 0.416 e. The SMILES string of the molecule is NC(=O)C1CCCCN1[C@@H](c1ccc(C(F)(F)F)cc1F)C1CC1. The minimum absolute atomic E-state index is 0.163. The Morgan fingerprint density at radius 1 is 1.21 bits per heavy atom. The van der Waals surface area contributed by atoms with Gasteiger partial charge in [0.25, 0.3) is 0 Å². The van der Waals surface area contributed by atoms with E-state index >= 15 is 0 Å². The van der Waals surface area contributed by atoms with Crippen molar-refractivity contribution in [2.24, 2.45) is 11.7 Å². The highest BCUT2D eigenvalue weighted by molar-refractivity contribution is 5.80. The molecule has 1 amide bonds. The van der Waals surface area contributed by atoms with Crippen LogP contribution in [-0.2, 0) is 11.0 Å². The average Bonchev–Trinajstić information content (AvgIpc) is 3.33. The Morgan fingerprint density at radius 2 is 1.92 bits per heavy atom. The van der Waals surface area contributed by atoms with E-state index in [-0.39, 0.29) is 17.5 Å². The molecule has 1 aromatic carbocycles. The minimum Gasteiger partial charge on any atom is -0.368 e. The zero-order valence-electron chi connectivity index (χ0n) is 13.2. The molecule has 2 fully saturated rings. The summed E-state index contributed by atoms with van der Waals surface area (Å²) in [4.78, 5) is 13.7. The van der Waals surface area contributed by atoms with E-state index in [2.05, 4.69) is 0 Å². The van der Waals surface area contributed by atoms with Gasteiger partial charge in [-0.05, 0) is 50.3 Å². The number of likely N-dealkylation sites (tertiary alicyclic amines) is 1. The van der Waals surface area contributed by atoms with Gasteiger partial charge in [0, 0.05) is 11.6 Å². The summed E-state index contributed by atoms with van der Waals surface area (Å²) in [5, 5.41) is 0. The summed E-state index contributed by atoms with van der Waals surface area (Å²) in [6, 6.07) is 1.81. The monoisotopic (exact) mass is 344 g/mol. The molecule has 0 bridgehead atoms. The van der Waals surface area contributed by atoms with Gasteiger partial charge in [0.05, 0.1) is 11.6 Å². The molecule has 3 nitrogen and oxygen atoms in total. The Morgan fingerprint density at radius 3 is 2.46 bits per heavy atom. The fourth-order valence-corrected chi connectivity index (χ4v) is 3.65. The van der Waals surface area contributed by atoms with E-state index in [0.29, 0.717) is 19.0 Å². The molecule has 0 spiro atoms. The maximum Gasteiger partial charge on any atom is 0.416 e. The molecule has 2 aliphatic rings. The first-order chi connectivity index (χ1) is 11.3. The van der Waals surface area contributed by atoms with Gasteiger partial charge in [-0.3, -0.25) is 9.69 Å². The zero-order valence-corrected chi connectivity index (χ0v) is 13.2. The lowest BCUT2D eigenvalue weighted by Gasteiger charge is -2.40. The number of carbonyl (C=O) groups excluding carboxylic acids is 1. The first-order valence-corrected chi connectivity index (χ1v) is 8.20. The summed E-state index contributed by atoms with van der Waals surface area (Å²) in [5.41, 5.74) is 4.73. The lowest BCUT2D eigenvalue weighted by Crippen LogP contribution is -2.49. The molecule has 1 aromatic rings. The van der Waals surface area contributed by atoms with Crippen molar-refractivity contribution in [2.45, 2.75) is 50.4 Å². The van der Waals surface area contributed by atoms with Crippen LogP contribution in [-0.4, -0.2) is 23.4 Å². The van der Waals surface area contributed by atoms with Crippen LogP contribution >= 0.6 is 0 Å². The van der Waals surface area contributed by atoms with E-state index in [4.69, 9.17) is 5.73 Å². The van der Waals surface area contributed by atoms with E-state index in [1.54, 1.807) is 0 Å². The number of hydrogen-bond acceptors (Lipinski definition) is 2. The first-order valence-electron chi connectivity index (χ1n) is 8.20. The van der Waals surface area contributed by atoms with Gasteiger partial charge >= 0.3 is 6.18 Å². The fourth-order valence-electron chi connectivity index (χ4n) is 3.65. The van der Waals surface area contributed by atoms with Gasteiger partial charge in [-0.2, -0.15) is 13.2 Å². The third-order valence-electron chi connectivity index (χ3n) is 4.94. The van der Waals surface area contributed by atoms with Crippen LogP contribution in [0.3, 0.4) is 0 Å². The number of nitrogens with zero attached hydrogens (tertiary/aromatic N) is 1. The molecule has 2 N–H and O–H groups in total. The Hall–Kier alpha value is -1.63. The number of rotatable bonds is 4. The summed E-state index contributed by atoms with van der Waals surface area (Å²) in [6.07, 6.45) is -0.456. The zero-order chi connectivity index (χ0) is 17.5. The van der Waals surface area contributed by atoms with Crippen molar-refractivity contribution in [3.05, 3.63) is 35.1 Å². The molecule has 0 radical (unpaired) electrons. The third-order valence-corrected chi connectivity index (χ3v) is 4.94. The van der Waals surface area contributed by atoms with Crippen LogP contribution in [0.1, 0.15) is 49.3 Å². The van der Waals surface area contributed by atoms with Crippen LogP contribution < -0.4 is 5.73 Å². The fraction of sp³-hybridized carbons (Fsp3) is 0.588. The van der Waals surface area contributed by atoms with Crippen LogP contribution in [0, 0.1) is 11.7 Å². The van der Waals surface area contributed by atoms with E-state index in [1.165, 1.54) is 6.07 Å². The van der Waals surface area contributed by atoms with Gasteiger partial charge < -0.3 is 5.73 Å². The number of amides is 1. The quantitative estimate of drug-likeness (QED) is 0.848. The number of nitrogens with two attached hydrogens (primary N) is 1. The van der Waals surface area contributed by atoms with Gasteiger partial charge in [-0.25, -0.2) is 4.39 Å². The van der Waals surface area contributed by atoms with Crippen molar-refractivity contribution in [3.8, 4) is 0 Å². The van der Waals surface area contributed by atoms with E-state index < -0.39 is 29.5 Å². The molecule has 3 rings (SSSR count). The molecule has 1 aliphatic carbocycles. The van der Waals surface area contributed by atoms with Gasteiger partial charge in [0.1, 0.15) is 5.82 Å². The molecule has 24 heavy (non-hydrogen) atoms. The summed E-state index contributed by atoms with van der Waals surface area (Å²) < 4.78 is 52.7. The molecular formula is C17H20F4N2O. The number of benzene rings is 1. The third kappa shape index (κ3) is 3.41. The van der Waals surface area contributed by atoms with Crippen LogP contribution in [0.5, 0.6) is 0 Å². The number of primary amides is 1. The maximum absolute atomic E-state index is 14.5. The Kier molecular flexibility index (Phi) is 4.55. The van der Waals surface area contributed by atoms with Crippen LogP contribution in [0.25, 0.3) is 0 Å². The number of alkyl halides is 3. The van der Waals surface area contributed by atoms with Gasteiger partial charge in [0.2, 0.25) is 5.91 Å². The maximum atomic E-state index is 14.5. The predicted octanol–water partition coefficient (Wildman–Crippen LogP) is 3.64. The average molecular weight is 344 g/mol. The molecule has 1 unspecified atom stereocenters. The van der Waals surface area contributed by atoms with Crippen molar-refractivity contribution in [3.63, 3.8) is 0 Å². The molecule has 1 saturated carbocycles. The molecular weight excluding hydrogens is 324 g/mol. The lowest BCUT2D eigenvalue weighted by molar-refractivity contribution is -0.137. The molecule has 132 valence electrons. The molecule has 1 heterocycles. The van der Waals surface area contributed by atoms with Crippen molar-refractivity contribution in [1.29, 1.82) is 0 Å². The summed E-state index contributed by atoms with van der Waals surface area (Å²) in [6.45, 7) is 0.606. The summed E-state index contributed by atoms with van der Waals surface area (Å²) >= 11 is 0. The number of piperidine rings is 1. The standard InChI is InChI=1S/C17H20F4N2O/c18-13-9-11(17(19,20)21)6-7-12(13)15(10-4-5-10)23-8-2-1-3-14(23)16(22)24/h6-7,9-10,14-15H,1-5,8H2,(H2,22,24)/t14?,15-/m1/s1. The second kappa shape index (κ2) is 6.35. The number of hydrogen-bond donors (Lipinski definition) is 1. The van der Waals surface area contributed by atoms with Crippen molar-refractivity contribution in [1.82, 2.24) is 4.90 Å². The smallest absolute Gasteiger partial charge is 0.368 e. The number of carbonyl (C=O) groups is 1. The Labute approximate surface area is 137 Å². The van der Waals surface area contributed by atoms with Crippen LogP contribution in [0.4, 0.5) is 17.6 Å². The molecule has 1 saturated heterocycles. The topological polar surface area (TPSA) is 46.3 Å². The van der Waals surface area contributed by atoms with Crippen LogP contribution in [0.2, 0.25) is 0 Å². The second-order valence-electron chi connectivity index (χ2n) is 6.67. The Bertz CT molecular complexity index is 628. The molecule has 2 atom stereocenters. The normalized spacial score (nSPS) is 23.9. The molecule has 7 heteroatoms. The van der Waals surface area contributed by atoms with Gasteiger partial charge in [-0.15, -0.1) is 0 Å². The van der Waals surface area contributed by atoms with Crippen LogP contribution in [0.15, 0.2) is 18.2 Å². The predicted molar refractivity (Wildman–Crippen MR) is 80.4 cm³/mol. The molecule has 1 aliphatic heterocycles. The highest BCUT2D eigenvalue weighted by atomic mass is 19.4. The summed E-state index contributed by atoms with van der Waals surface area (Å²) in [5.74, 6) is -1.15. The van der Waals surface area contributed by atoms with Gasteiger partial charge in [-0.1, -0.05) is 12.5 Å². The lowest BCUT2D eigenvalue weighted by atomic mass is 9.92. The van der Waals surface area contributed by atoms with Crippen molar-refractivity contribution >= 4 is 5.91 Å². The van der Waals surface area contributed by atoms with Crippen molar-refractivity contribution < 1.29 is 22.4 Å². The minimum atomic E-state index is -4.57. The van der Waals surface area contributed by atoms with Gasteiger partial charge in [0.15, 0.2) is 0 Å². The van der Waals surface area contributed by atoms with E-state index in [9.17, 15) is 22.4 Å². The second-order valence-corrected chi connectivity index (χ2v) is 6.67. The van der Waals surface area contributed by atoms with Crippen molar-refractivity contribution in [2.75, 3.05) is 6.54 Å². The number of halogens is 4. The summed E-state index contributed by atoms with van der Waals surface area (Å²) in [7, 11) is 0. The first kappa shape index (κ1) is 17.2. The highest BCUT2D eigenvalue weighted by Gasteiger charge is 2.43. The highest BCUT2D eigenvalue weighted by Crippen LogP contribution is 2.47. The Balaban J connectivity index is 1.95. The van der Waals surface area contributed by atoms with E-state index in [1.807, 2.05) is 4.90 Å².